The molecule has 1 amide bonds. The number of rotatable bonds is 4. The van der Waals surface area contributed by atoms with Crippen LogP contribution in [-0.2, 0) is 0 Å². The lowest BCUT2D eigenvalue weighted by atomic mass is 10.2. The Hall–Kier alpha value is -1.86. The van der Waals surface area contributed by atoms with Crippen LogP contribution in [0.5, 0.6) is 0 Å². The summed E-state index contributed by atoms with van der Waals surface area (Å²) in [5, 5.41) is 9.58. The molecule has 118 valence electrons. The van der Waals surface area contributed by atoms with E-state index in [4.69, 9.17) is 5.11 Å². The molecule has 1 heterocycles. The van der Waals surface area contributed by atoms with Gasteiger partial charge in [-0.25, -0.2) is 13.8 Å². The lowest BCUT2D eigenvalue weighted by Crippen LogP contribution is -2.37. The Balaban J connectivity index is 2.35. The molecule has 0 unspecified atom stereocenters. The minimum atomic E-state index is -0.954. The van der Waals surface area contributed by atoms with Crippen LogP contribution in [0.2, 0.25) is 0 Å². The number of hydrogen-bond acceptors (Lipinski definition) is 4. The number of carbonyl (C=O) groups is 1. The Morgan fingerprint density at radius 1 is 1.41 bits per heavy atom. The highest BCUT2D eigenvalue weighted by atomic mass is 32.1. The van der Waals surface area contributed by atoms with Crippen molar-refractivity contribution in [2.24, 2.45) is 0 Å². The first-order chi connectivity index (χ1) is 10.3. The zero-order valence-electron chi connectivity index (χ0n) is 12.4. The number of aromatic nitrogens is 1. The van der Waals surface area contributed by atoms with Crippen LogP contribution < -0.4 is 0 Å². The van der Waals surface area contributed by atoms with E-state index in [9.17, 15) is 13.6 Å². The van der Waals surface area contributed by atoms with Gasteiger partial charge in [-0.1, -0.05) is 0 Å². The number of amides is 1. The van der Waals surface area contributed by atoms with E-state index < -0.39 is 11.6 Å². The van der Waals surface area contributed by atoms with Crippen molar-refractivity contribution < 1.29 is 18.7 Å². The monoisotopic (exact) mass is 326 g/mol. The Morgan fingerprint density at radius 3 is 2.68 bits per heavy atom. The average molecular weight is 326 g/mol. The van der Waals surface area contributed by atoms with Gasteiger partial charge < -0.3 is 10.0 Å². The number of thiazole rings is 1. The Kier molecular flexibility index (Phi) is 4.87. The highest BCUT2D eigenvalue weighted by molar-refractivity contribution is 7.17. The van der Waals surface area contributed by atoms with Crippen LogP contribution in [0.4, 0.5) is 8.78 Å². The van der Waals surface area contributed by atoms with E-state index in [1.165, 1.54) is 11.0 Å². The number of benzene rings is 1. The largest absolute Gasteiger partial charge is 0.394 e. The van der Waals surface area contributed by atoms with Crippen LogP contribution in [-0.4, -0.2) is 40.6 Å². The Morgan fingerprint density at radius 2 is 2.09 bits per heavy atom. The maximum Gasteiger partial charge on any atom is 0.265 e. The van der Waals surface area contributed by atoms with Gasteiger partial charge in [0.1, 0.15) is 9.88 Å². The molecule has 7 heteroatoms. The van der Waals surface area contributed by atoms with E-state index in [0.29, 0.717) is 21.1 Å². The zero-order valence-corrected chi connectivity index (χ0v) is 13.2. The summed E-state index contributed by atoms with van der Waals surface area (Å²) in [7, 11) is 1.60. The summed E-state index contributed by atoms with van der Waals surface area (Å²) in [6.07, 6.45) is 0. The standard InChI is InChI=1S/C15H16F2N2O2S/c1-8(7-20)19(3)15(21)13-9(2)18-14(22-13)10-4-5-11(16)12(17)6-10/h4-6,8,20H,7H2,1-3H3/t8-/m0/s1. The first-order valence-electron chi connectivity index (χ1n) is 6.66. The third-order valence-electron chi connectivity index (χ3n) is 3.40. The van der Waals surface area contributed by atoms with E-state index in [1.807, 2.05) is 0 Å². The number of likely N-dealkylation sites (N-methyl/N-ethyl adjacent to an activating group) is 1. The fraction of sp³-hybridized carbons (Fsp3) is 0.333. The number of carbonyl (C=O) groups excluding carboxylic acids is 1. The fourth-order valence-electron chi connectivity index (χ4n) is 1.83. The molecule has 0 saturated heterocycles. The van der Waals surface area contributed by atoms with Crippen molar-refractivity contribution in [1.29, 1.82) is 0 Å². The molecule has 0 bridgehead atoms. The lowest BCUT2D eigenvalue weighted by Gasteiger charge is -2.22. The number of aliphatic hydroxyl groups excluding tert-OH is 1. The SMILES string of the molecule is Cc1nc(-c2ccc(F)c(F)c2)sc1C(=O)N(C)[C@@H](C)CO. The molecule has 1 aromatic heterocycles. The van der Waals surface area contributed by atoms with Gasteiger partial charge in [0, 0.05) is 12.6 Å². The number of aliphatic hydroxyl groups is 1. The fourth-order valence-corrected chi connectivity index (χ4v) is 2.88. The van der Waals surface area contributed by atoms with E-state index in [-0.39, 0.29) is 18.6 Å². The van der Waals surface area contributed by atoms with Crippen molar-refractivity contribution in [2.45, 2.75) is 19.9 Å². The van der Waals surface area contributed by atoms with Gasteiger partial charge in [0.25, 0.3) is 5.91 Å². The molecular weight excluding hydrogens is 310 g/mol. The van der Waals surface area contributed by atoms with Crippen molar-refractivity contribution in [3.63, 3.8) is 0 Å². The number of nitrogens with zero attached hydrogens (tertiary/aromatic N) is 2. The summed E-state index contributed by atoms with van der Waals surface area (Å²) in [5.74, 6) is -2.14. The van der Waals surface area contributed by atoms with E-state index in [1.54, 1.807) is 20.9 Å². The molecule has 1 aromatic carbocycles. The molecule has 1 atom stereocenters. The maximum atomic E-state index is 13.3. The quantitative estimate of drug-likeness (QED) is 0.940. The first-order valence-corrected chi connectivity index (χ1v) is 7.47. The summed E-state index contributed by atoms with van der Waals surface area (Å²) >= 11 is 1.12. The maximum absolute atomic E-state index is 13.3. The van der Waals surface area contributed by atoms with E-state index >= 15 is 0 Å². The molecular formula is C15H16F2N2O2S. The second-order valence-corrected chi connectivity index (χ2v) is 6.01. The van der Waals surface area contributed by atoms with E-state index in [2.05, 4.69) is 4.98 Å². The van der Waals surface area contributed by atoms with Crippen molar-refractivity contribution >= 4 is 17.2 Å². The molecule has 4 nitrogen and oxygen atoms in total. The van der Waals surface area contributed by atoms with Crippen molar-refractivity contribution in [3.05, 3.63) is 40.4 Å². The predicted octanol–water partition coefficient (Wildman–Crippen LogP) is 2.85. The minimum Gasteiger partial charge on any atom is -0.394 e. The second kappa shape index (κ2) is 6.50. The highest BCUT2D eigenvalue weighted by Crippen LogP contribution is 2.29. The van der Waals surface area contributed by atoms with Crippen LogP contribution in [0.15, 0.2) is 18.2 Å². The molecule has 2 rings (SSSR count). The molecule has 0 aliphatic rings. The Bertz CT molecular complexity index is 703. The van der Waals surface area contributed by atoms with Crippen LogP contribution in [0, 0.1) is 18.6 Å². The molecule has 0 aliphatic carbocycles. The van der Waals surface area contributed by atoms with Gasteiger partial charge in [-0.2, -0.15) is 0 Å². The van der Waals surface area contributed by atoms with Gasteiger partial charge in [-0.15, -0.1) is 11.3 Å². The van der Waals surface area contributed by atoms with Crippen molar-refractivity contribution in [1.82, 2.24) is 9.88 Å². The summed E-state index contributed by atoms with van der Waals surface area (Å²) in [4.78, 5) is 18.5. The molecule has 0 aliphatic heterocycles. The molecule has 0 fully saturated rings. The molecule has 22 heavy (non-hydrogen) atoms. The molecule has 0 radical (unpaired) electrons. The summed E-state index contributed by atoms with van der Waals surface area (Å²) < 4.78 is 26.3. The topological polar surface area (TPSA) is 53.4 Å². The van der Waals surface area contributed by atoms with Crippen LogP contribution in [0.25, 0.3) is 10.6 Å². The predicted molar refractivity (Wildman–Crippen MR) is 80.8 cm³/mol. The smallest absolute Gasteiger partial charge is 0.265 e. The number of halogens is 2. The normalized spacial score (nSPS) is 12.3. The van der Waals surface area contributed by atoms with Gasteiger partial charge in [0.15, 0.2) is 11.6 Å². The summed E-state index contributed by atoms with van der Waals surface area (Å²) in [6.45, 7) is 3.27. The Labute approximate surface area is 131 Å². The summed E-state index contributed by atoms with van der Waals surface area (Å²) in [5.41, 5.74) is 0.940. The number of aryl methyl sites for hydroxylation is 1. The second-order valence-electron chi connectivity index (χ2n) is 5.01. The third-order valence-corrected chi connectivity index (χ3v) is 4.60. The first kappa shape index (κ1) is 16.5. The van der Waals surface area contributed by atoms with Gasteiger partial charge >= 0.3 is 0 Å². The van der Waals surface area contributed by atoms with Crippen molar-refractivity contribution in [3.8, 4) is 10.6 Å². The van der Waals surface area contributed by atoms with Crippen LogP contribution in [0.1, 0.15) is 22.3 Å². The minimum absolute atomic E-state index is 0.143. The highest BCUT2D eigenvalue weighted by Gasteiger charge is 2.22. The summed E-state index contributed by atoms with van der Waals surface area (Å²) in [6, 6.07) is 3.19. The van der Waals surface area contributed by atoms with Crippen LogP contribution in [0.3, 0.4) is 0 Å². The third kappa shape index (κ3) is 3.15. The number of hydrogen-bond donors (Lipinski definition) is 1. The molecule has 0 spiro atoms. The molecule has 2 aromatic rings. The van der Waals surface area contributed by atoms with Gasteiger partial charge in [0.2, 0.25) is 0 Å². The van der Waals surface area contributed by atoms with Crippen LogP contribution >= 0.6 is 11.3 Å². The zero-order chi connectivity index (χ0) is 16.4. The van der Waals surface area contributed by atoms with E-state index in [0.717, 1.165) is 23.5 Å². The van der Waals surface area contributed by atoms with Crippen molar-refractivity contribution in [2.75, 3.05) is 13.7 Å². The van der Waals surface area contributed by atoms with Gasteiger partial charge in [-0.05, 0) is 32.0 Å². The molecule has 1 N–H and O–H groups in total. The van der Waals surface area contributed by atoms with Gasteiger partial charge in [0.05, 0.1) is 18.3 Å². The van der Waals surface area contributed by atoms with Gasteiger partial charge in [-0.3, -0.25) is 4.79 Å². The molecule has 0 saturated carbocycles. The lowest BCUT2D eigenvalue weighted by molar-refractivity contribution is 0.0686. The average Bonchev–Trinajstić information content (AvgIpc) is 2.89.